The van der Waals surface area contributed by atoms with Gasteiger partial charge >= 0.3 is 0 Å². The van der Waals surface area contributed by atoms with Gasteiger partial charge in [-0.15, -0.1) is 0 Å². The molecule has 9 nitrogen and oxygen atoms in total. The van der Waals surface area contributed by atoms with Crippen molar-refractivity contribution in [3.8, 4) is 11.8 Å². The van der Waals surface area contributed by atoms with Crippen molar-refractivity contribution in [1.29, 1.82) is 10.5 Å². The summed E-state index contributed by atoms with van der Waals surface area (Å²) in [4.78, 5) is 32.6. The molecule has 0 aliphatic heterocycles. The Morgan fingerprint density at radius 1 is 0.621 bits per heavy atom. The second-order valence-electron chi connectivity index (χ2n) is 17.8. The van der Waals surface area contributed by atoms with Crippen LogP contribution in [-0.2, 0) is 18.8 Å². The van der Waals surface area contributed by atoms with Crippen molar-refractivity contribution in [2.45, 2.75) is 217 Å². The zero-order valence-electron chi connectivity index (χ0n) is 40.7. The predicted octanol–water partition coefficient (Wildman–Crippen LogP) is 11.9. The Morgan fingerprint density at radius 2 is 0.983 bits per heavy atom. The maximum Gasteiger partial charge on any atom is 0.189 e. The van der Waals surface area contributed by atoms with E-state index in [2.05, 4.69) is 77.8 Å². The van der Waals surface area contributed by atoms with Gasteiger partial charge in [-0.25, -0.2) is 5.26 Å². The van der Waals surface area contributed by atoms with Gasteiger partial charge in [-0.3, -0.25) is 9.59 Å². The van der Waals surface area contributed by atoms with E-state index in [1.807, 2.05) is 60.6 Å². The van der Waals surface area contributed by atoms with Crippen molar-refractivity contribution in [3.05, 3.63) is 46.6 Å². The second kappa shape index (κ2) is 34.0. The van der Waals surface area contributed by atoms with E-state index in [1.54, 1.807) is 20.8 Å². The number of Topliss-reactive ketones (excluding diaryl/α,β-unsaturated/α-hetero) is 3. The number of aliphatic hydroxyl groups is 3. The summed E-state index contributed by atoms with van der Waals surface area (Å²) in [7, 11) is -3.00. The predicted molar refractivity (Wildman–Crippen MR) is 251 cm³/mol. The molecule has 0 fully saturated rings. The van der Waals surface area contributed by atoms with E-state index in [9.17, 15) is 29.9 Å². The molecular formula is C47H88N2O7Si2. The molecule has 0 spiro atoms. The standard InChI is InChI=1S/C13H25NOSi.C11H20O2.C10H18O3.C8H14O.C5H11NSi/c1-7-16(5,6)15-13(4,11-14)10-8-9-12(2)3;1-5-10(12)11(4,13)8-6-7-9(2)3;1-8(2)5-4-6-10(3,13)9(12)7-11;1-7(2)5-4-6-8(3)9;1-4-7(2,3)5-6/h9H,7-8,10H2,1-6H3;7,13H,5-6,8H2,1-4H3;5,11,13H,4,6-7H2,1-3H3;5H,4,6H2,1-3H3;4H2,1-3H3/t13-;11-;10-;;/m000../s1. The van der Waals surface area contributed by atoms with Crippen molar-refractivity contribution in [2.24, 2.45) is 0 Å². The molecule has 0 aliphatic rings. The normalized spacial score (nSPS) is 13.4. The van der Waals surface area contributed by atoms with Crippen LogP contribution in [0.4, 0.5) is 0 Å². The van der Waals surface area contributed by atoms with Crippen LogP contribution in [0.15, 0.2) is 46.6 Å². The molecule has 58 heavy (non-hydrogen) atoms. The molecule has 0 aromatic rings. The number of aliphatic hydroxyl groups excluding tert-OH is 1. The second-order valence-corrected chi connectivity index (χ2v) is 26.9. The number of hydrogen-bond donors (Lipinski definition) is 3. The SMILES string of the molecule is CC(=O)CCC=C(C)C.CC(C)=CCC[C@](C)(O)C(=O)CO.CCC(=O)[C@@](C)(O)CCC=C(C)C.CC[Si](C)(C)C#N.CC[Si](C)(C)O[C@](C)(C#N)CCC=C(C)C. The zero-order chi connectivity index (χ0) is 47.0. The molecule has 0 aliphatic carbocycles. The molecule has 0 radical (unpaired) electrons. The van der Waals surface area contributed by atoms with Crippen molar-refractivity contribution in [3.63, 3.8) is 0 Å². The highest BCUT2D eigenvalue weighted by molar-refractivity contribution is 6.84. The average molecular weight is 849 g/mol. The minimum atomic E-state index is -1.65. The Bertz CT molecular complexity index is 1330. The Balaban J connectivity index is -0.000000207. The third kappa shape index (κ3) is 42.8. The molecular weight excluding hydrogens is 761 g/mol. The van der Waals surface area contributed by atoms with Crippen molar-refractivity contribution >= 4 is 33.7 Å². The Morgan fingerprint density at radius 3 is 1.24 bits per heavy atom. The first-order valence-electron chi connectivity index (χ1n) is 21.0. The highest BCUT2D eigenvalue weighted by Crippen LogP contribution is 2.25. The molecule has 0 amide bonds. The number of nitriles is 2. The number of hydrogen-bond acceptors (Lipinski definition) is 9. The molecule has 0 aromatic heterocycles. The van der Waals surface area contributed by atoms with Crippen LogP contribution in [0.3, 0.4) is 0 Å². The van der Waals surface area contributed by atoms with Gasteiger partial charge in [0.1, 0.15) is 29.2 Å². The lowest BCUT2D eigenvalue weighted by Crippen LogP contribution is -2.41. The smallest absolute Gasteiger partial charge is 0.189 e. The van der Waals surface area contributed by atoms with E-state index in [0.717, 1.165) is 43.3 Å². The molecule has 0 saturated carbocycles. The highest BCUT2D eigenvalue weighted by Gasteiger charge is 2.33. The summed E-state index contributed by atoms with van der Waals surface area (Å²) in [5.74, 6) is -0.322. The summed E-state index contributed by atoms with van der Waals surface area (Å²) in [6.45, 7) is 36.6. The Labute approximate surface area is 358 Å². The lowest BCUT2D eigenvalue weighted by atomic mass is 9.93. The van der Waals surface area contributed by atoms with E-state index in [-0.39, 0.29) is 11.6 Å². The van der Waals surface area contributed by atoms with Crippen LogP contribution in [0.1, 0.15) is 162 Å². The third-order valence-electron chi connectivity index (χ3n) is 9.03. The fourth-order valence-electron chi connectivity index (χ4n) is 4.20. The van der Waals surface area contributed by atoms with Gasteiger partial charge in [0.15, 0.2) is 28.0 Å². The van der Waals surface area contributed by atoms with Crippen molar-refractivity contribution in [1.82, 2.24) is 0 Å². The molecule has 336 valence electrons. The number of ketones is 3. The number of nitrogens with zero attached hydrogens (tertiary/aromatic N) is 2. The van der Waals surface area contributed by atoms with E-state index >= 15 is 0 Å². The summed E-state index contributed by atoms with van der Waals surface area (Å²) in [5, 5.41) is 45.5. The van der Waals surface area contributed by atoms with E-state index in [4.69, 9.17) is 14.8 Å². The molecule has 11 heteroatoms. The first-order valence-corrected chi connectivity index (χ1v) is 27.3. The van der Waals surface area contributed by atoms with E-state index in [0.29, 0.717) is 32.1 Å². The Hall–Kier alpha value is -2.78. The molecule has 0 heterocycles. The lowest BCUT2D eigenvalue weighted by molar-refractivity contribution is -0.139. The minimum Gasteiger partial charge on any atom is -0.400 e. The van der Waals surface area contributed by atoms with Gasteiger partial charge in [-0.1, -0.05) is 80.5 Å². The van der Waals surface area contributed by atoms with Crippen LogP contribution in [0.5, 0.6) is 0 Å². The van der Waals surface area contributed by atoms with Crippen molar-refractivity contribution < 1.29 is 34.1 Å². The average Bonchev–Trinajstić information content (AvgIpc) is 3.10. The van der Waals surface area contributed by atoms with Gasteiger partial charge in [0, 0.05) is 18.5 Å². The Kier molecular flexibility index (Phi) is 37.7. The third-order valence-corrected chi connectivity index (χ3v) is 14.1. The van der Waals surface area contributed by atoms with E-state index in [1.165, 1.54) is 23.6 Å². The van der Waals surface area contributed by atoms with Crippen LogP contribution >= 0.6 is 0 Å². The topological polar surface area (TPSA) is 169 Å². The van der Waals surface area contributed by atoms with Crippen LogP contribution in [0.25, 0.3) is 0 Å². The first-order chi connectivity index (χ1) is 26.3. The molecule has 0 aromatic carbocycles. The zero-order valence-corrected chi connectivity index (χ0v) is 42.7. The molecule has 0 bridgehead atoms. The summed E-state index contributed by atoms with van der Waals surface area (Å²) in [6.07, 6.45) is 14.2. The maximum absolute atomic E-state index is 11.2. The van der Waals surface area contributed by atoms with Crippen LogP contribution in [0, 0.1) is 22.3 Å². The fraction of sp³-hybridized carbons (Fsp3) is 0.723. The van der Waals surface area contributed by atoms with Crippen molar-refractivity contribution in [2.75, 3.05) is 6.61 Å². The minimum absolute atomic E-state index is 0.0744. The molecule has 3 atom stereocenters. The van der Waals surface area contributed by atoms with Crippen LogP contribution in [0.2, 0.25) is 38.3 Å². The number of rotatable bonds is 20. The van der Waals surface area contributed by atoms with Gasteiger partial charge in [0.2, 0.25) is 0 Å². The summed E-state index contributed by atoms with van der Waals surface area (Å²) in [6, 6.07) is 4.45. The monoisotopic (exact) mass is 849 g/mol. The van der Waals surface area contributed by atoms with Gasteiger partial charge in [-0.2, -0.15) is 5.26 Å². The quantitative estimate of drug-likeness (QED) is 0.0797. The van der Waals surface area contributed by atoms with Gasteiger partial charge in [0.25, 0.3) is 0 Å². The van der Waals surface area contributed by atoms with Gasteiger partial charge in [-0.05, 0) is 153 Å². The first kappa shape index (κ1) is 64.4. The van der Waals surface area contributed by atoms with Crippen LogP contribution < -0.4 is 0 Å². The fourth-order valence-corrected chi connectivity index (χ4v) is 5.87. The number of carbonyl (C=O) groups is 3. The molecule has 0 saturated heterocycles. The van der Waals surface area contributed by atoms with Crippen LogP contribution in [-0.4, -0.2) is 72.5 Å². The highest BCUT2D eigenvalue weighted by atomic mass is 28.4. The largest absolute Gasteiger partial charge is 0.400 e. The lowest BCUT2D eigenvalue weighted by Gasteiger charge is -2.32. The number of allylic oxidation sites excluding steroid dienone is 8. The van der Waals surface area contributed by atoms with E-state index < -0.39 is 45.6 Å². The van der Waals surface area contributed by atoms with Gasteiger partial charge < -0.3 is 24.5 Å². The molecule has 0 rings (SSSR count). The number of carbonyl (C=O) groups excluding carboxylic acids is 3. The maximum atomic E-state index is 11.2. The summed E-state index contributed by atoms with van der Waals surface area (Å²) < 4.78 is 6.05. The summed E-state index contributed by atoms with van der Waals surface area (Å²) >= 11 is 0. The molecule has 3 N–H and O–H groups in total. The summed E-state index contributed by atoms with van der Waals surface area (Å²) in [5.41, 5.74) is 4.16. The van der Waals surface area contributed by atoms with Gasteiger partial charge in [0.05, 0.1) is 6.07 Å². The molecule has 0 unspecified atom stereocenters.